The maximum atomic E-state index is 13.5. The first-order chi connectivity index (χ1) is 17.4. The lowest BCUT2D eigenvalue weighted by molar-refractivity contribution is -0.143. The predicted octanol–water partition coefficient (Wildman–Crippen LogP) is 6.60. The molecule has 1 aromatic heterocycles. The second-order valence-electron chi connectivity index (χ2n) is 9.75. The molecule has 14 heteroatoms. The smallest absolute Gasteiger partial charge is 0.417 e. The zero-order chi connectivity index (χ0) is 28.6. The van der Waals surface area contributed by atoms with Gasteiger partial charge in [0.15, 0.2) is 0 Å². The number of hydrogen-bond acceptors (Lipinski definition) is 6. The van der Waals surface area contributed by atoms with E-state index in [1.165, 1.54) is 17.3 Å². The molecule has 0 saturated carbocycles. The number of aromatic nitrogens is 2. The number of benzene rings is 1. The highest BCUT2D eigenvalue weighted by Crippen LogP contribution is 2.37. The molecule has 0 radical (unpaired) electrons. The highest BCUT2D eigenvalue weighted by atomic mass is 79.9. The summed E-state index contributed by atoms with van der Waals surface area (Å²) in [7, 11) is 0. The molecule has 0 unspecified atom stereocenters. The number of imide groups is 1. The molecular formula is C24H25BrF6N4O3. The van der Waals surface area contributed by atoms with E-state index in [1.807, 2.05) is 0 Å². The van der Waals surface area contributed by atoms with Crippen LogP contribution >= 0.6 is 15.9 Å². The van der Waals surface area contributed by atoms with Crippen LogP contribution in [0.4, 0.5) is 37.1 Å². The minimum Gasteiger partial charge on any atom is -0.443 e. The second-order valence-corrected chi connectivity index (χ2v) is 10.7. The summed E-state index contributed by atoms with van der Waals surface area (Å²) in [6, 6.07) is -0.570. The van der Waals surface area contributed by atoms with Gasteiger partial charge in [-0.1, -0.05) is 6.92 Å². The van der Waals surface area contributed by atoms with Crippen LogP contribution in [0.1, 0.15) is 57.2 Å². The van der Waals surface area contributed by atoms with E-state index in [0.29, 0.717) is 23.0 Å². The first kappa shape index (κ1) is 29.7. The molecule has 0 bridgehead atoms. The number of carbonyl (C=O) groups is 2. The molecule has 38 heavy (non-hydrogen) atoms. The van der Waals surface area contributed by atoms with Crippen LogP contribution in [0.5, 0.6) is 0 Å². The van der Waals surface area contributed by atoms with Crippen molar-refractivity contribution in [1.82, 2.24) is 14.9 Å². The summed E-state index contributed by atoms with van der Waals surface area (Å²) in [6.07, 6.45) is -7.95. The third-order valence-corrected chi connectivity index (χ3v) is 6.09. The molecule has 1 aliphatic rings. The number of rotatable bonds is 5. The maximum absolute atomic E-state index is 13.5. The first-order valence-electron chi connectivity index (χ1n) is 11.5. The van der Waals surface area contributed by atoms with E-state index in [0.717, 1.165) is 4.90 Å². The fraction of sp³-hybridized carbons (Fsp3) is 0.500. The number of carbonyl (C=O) groups excluding carboxylic acids is 2. The van der Waals surface area contributed by atoms with Crippen molar-refractivity contribution in [1.29, 1.82) is 0 Å². The normalized spacial score (nSPS) is 18.6. The highest BCUT2D eigenvalue weighted by molar-refractivity contribution is 9.10. The van der Waals surface area contributed by atoms with Crippen LogP contribution in [-0.2, 0) is 28.4 Å². The van der Waals surface area contributed by atoms with Gasteiger partial charge in [-0.2, -0.15) is 26.3 Å². The standard InChI is InChI=1S/C24H25BrF6N4O3/c1-5-17-9-18(19(36)35(17)21(37)38-22(2,3)4)34(20-32-10-16(25)11-33-20)12-13-6-14(23(26,27)28)8-15(7-13)24(29,30)31/h6-8,10-11,17-18H,5,9,12H2,1-4H3/t17-,18+/m1/s1. The van der Waals surface area contributed by atoms with E-state index in [1.54, 1.807) is 27.7 Å². The second kappa shape index (κ2) is 10.7. The molecule has 2 amide bonds. The third-order valence-electron chi connectivity index (χ3n) is 5.68. The number of amides is 2. The van der Waals surface area contributed by atoms with Crippen molar-refractivity contribution in [2.45, 2.75) is 77.1 Å². The molecular weight excluding hydrogens is 586 g/mol. The monoisotopic (exact) mass is 610 g/mol. The Labute approximate surface area is 223 Å². The molecule has 1 saturated heterocycles. The van der Waals surface area contributed by atoms with Crippen molar-refractivity contribution < 1.29 is 40.7 Å². The number of alkyl halides is 6. The van der Waals surface area contributed by atoms with E-state index in [9.17, 15) is 35.9 Å². The molecule has 2 atom stereocenters. The van der Waals surface area contributed by atoms with Crippen molar-refractivity contribution in [2.75, 3.05) is 4.90 Å². The topological polar surface area (TPSA) is 75.6 Å². The summed E-state index contributed by atoms with van der Waals surface area (Å²) in [6.45, 7) is 6.04. The molecule has 2 heterocycles. The van der Waals surface area contributed by atoms with Gasteiger partial charge in [0.05, 0.1) is 15.6 Å². The fourth-order valence-corrected chi connectivity index (χ4v) is 4.25. The molecule has 7 nitrogen and oxygen atoms in total. The molecule has 1 aliphatic heterocycles. The lowest BCUT2D eigenvalue weighted by atomic mass is 10.0. The predicted molar refractivity (Wildman–Crippen MR) is 128 cm³/mol. The van der Waals surface area contributed by atoms with E-state index < -0.39 is 59.7 Å². The van der Waals surface area contributed by atoms with Crippen molar-refractivity contribution in [3.8, 4) is 0 Å². The summed E-state index contributed by atoms with van der Waals surface area (Å²) in [5, 5.41) is 0. The van der Waals surface area contributed by atoms with Crippen LogP contribution in [0.3, 0.4) is 0 Å². The zero-order valence-electron chi connectivity index (χ0n) is 20.8. The minimum atomic E-state index is -5.04. The Kier molecular flexibility index (Phi) is 8.35. The van der Waals surface area contributed by atoms with Crippen LogP contribution in [0.2, 0.25) is 0 Å². The Hall–Kier alpha value is -2.90. The lowest BCUT2D eigenvalue weighted by Gasteiger charge is -2.29. The van der Waals surface area contributed by atoms with Crippen LogP contribution < -0.4 is 4.90 Å². The molecule has 0 spiro atoms. The minimum absolute atomic E-state index is 0.0298. The molecule has 208 valence electrons. The molecule has 1 aromatic carbocycles. The van der Waals surface area contributed by atoms with Crippen molar-refractivity contribution in [2.24, 2.45) is 0 Å². The number of hydrogen-bond donors (Lipinski definition) is 0. The average molecular weight is 611 g/mol. The van der Waals surface area contributed by atoms with E-state index >= 15 is 0 Å². The number of halogens is 7. The fourth-order valence-electron chi connectivity index (χ4n) is 4.05. The summed E-state index contributed by atoms with van der Waals surface area (Å²) in [5.74, 6) is -0.834. The Bertz CT molecular complexity index is 1150. The summed E-state index contributed by atoms with van der Waals surface area (Å²) < 4.78 is 86.5. The maximum Gasteiger partial charge on any atom is 0.417 e. The van der Waals surface area contributed by atoms with Crippen molar-refractivity contribution >= 4 is 33.9 Å². The summed E-state index contributed by atoms with van der Waals surface area (Å²) in [5.41, 5.74) is -4.25. The van der Waals surface area contributed by atoms with Gasteiger partial charge in [-0.05, 0) is 73.3 Å². The quantitative estimate of drug-likeness (QED) is 0.355. The van der Waals surface area contributed by atoms with Gasteiger partial charge in [-0.15, -0.1) is 0 Å². The number of nitrogens with zero attached hydrogens (tertiary/aromatic N) is 4. The van der Waals surface area contributed by atoms with Gasteiger partial charge in [0.1, 0.15) is 11.6 Å². The number of anilines is 1. The average Bonchev–Trinajstić information content (AvgIpc) is 3.12. The Morgan fingerprint density at radius 1 is 1.05 bits per heavy atom. The van der Waals surface area contributed by atoms with Gasteiger partial charge in [0.2, 0.25) is 5.95 Å². The van der Waals surface area contributed by atoms with Gasteiger partial charge in [0, 0.05) is 25.0 Å². The van der Waals surface area contributed by atoms with Crippen LogP contribution in [0.15, 0.2) is 35.1 Å². The van der Waals surface area contributed by atoms with Crippen molar-refractivity contribution in [3.05, 3.63) is 51.8 Å². The summed E-state index contributed by atoms with van der Waals surface area (Å²) in [4.78, 5) is 36.7. The van der Waals surface area contributed by atoms with Gasteiger partial charge < -0.3 is 9.64 Å². The van der Waals surface area contributed by atoms with Gasteiger partial charge in [-0.3, -0.25) is 4.79 Å². The van der Waals surface area contributed by atoms with Crippen LogP contribution in [0.25, 0.3) is 0 Å². The molecule has 0 aliphatic carbocycles. The molecule has 0 N–H and O–H groups in total. The van der Waals surface area contributed by atoms with E-state index in [4.69, 9.17) is 4.74 Å². The van der Waals surface area contributed by atoms with E-state index in [-0.39, 0.29) is 24.0 Å². The largest absolute Gasteiger partial charge is 0.443 e. The van der Waals surface area contributed by atoms with Gasteiger partial charge >= 0.3 is 18.4 Å². The Morgan fingerprint density at radius 2 is 1.58 bits per heavy atom. The molecule has 3 rings (SSSR count). The third kappa shape index (κ3) is 6.94. The lowest BCUT2D eigenvalue weighted by Crippen LogP contribution is -2.46. The van der Waals surface area contributed by atoms with E-state index in [2.05, 4.69) is 25.9 Å². The number of ether oxygens (including phenoxy) is 1. The first-order valence-corrected chi connectivity index (χ1v) is 12.3. The summed E-state index contributed by atoms with van der Waals surface area (Å²) >= 11 is 3.17. The number of likely N-dealkylation sites (tertiary alicyclic amines) is 1. The SMILES string of the molecule is CC[C@@H]1C[C@H](N(Cc2cc(C(F)(F)F)cc(C(F)(F)F)c2)c2ncc(Br)cn2)C(=O)N1C(=O)OC(C)(C)C. The zero-order valence-corrected chi connectivity index (χ0v) is 22.4. The molecule has 2 aromatic rings. The highest BCUT2D eigenvalue weighted by Gasteiger charge is 2.47. The van der Waals surface area contributed by atoms with Crippen LogP contribution in [-0.4, -0.2) is 44.6 Å². The Balaban J connectivity index is 2.08. The van der Waals surface area contributed by atoms with Crippen molar-refractivity contribution in [3.63, 3.8) is 0 Å². The van der Waals surface area contributed by atoms with Crippen LogP contribution in [0, 0.1) is 0 Å². The van der Waals surface area contributed by atoms with Gasteiger partial charge in [-0.25, -0.2) is 19.7 Å². The Morgan fingerprint density at radius 3 is 2.03 bits per heavy atom. The molecule has 1 fully saturated rings. The van der Waals surface area contributed by atoms with Gasteiger partial charge in [0.25, 0.3) is 5.91 Å².